The molecule has 0 radical (unpaired) electrons. The molecule has 0 aliphatic heterocycles. The largest absolute Gasteiger partial charge is 0.480 e. The van der Waals surface area contributed by atoms with Crippen LogP contribution in [0.25, 0.3) is 0 Å². The first-order chi connectivity index (χ1) is 17.7. The molecule has 1 unspecified atom stereocenters. The van der Waals surface area contributed by atoms with Gasteiger partial charge in [-0.1, -0.05) is 0 Å². The van der Waals surface area contributed by atoms with E-state index >= 15 is 0 Å². The average Bonchev–Trinajstić information content (AvgIpc) is 2.83. The maximum atomic E-state index is 13.1. The molecule has 16 nitrogen and oxygen atoms in total. The summed E-state index contributed by atoms with van der Waals surface area (Å²) in [7, 11) is 0. The molecule has 38 heavy (non-hydrogen) atoms. The summed E-state index contributed by atoms with van der Waals surface area (Å²) in [5, 5.41) is 23.3. The fraction of sp³-hybridized carbons (Fsp3) is 0.600. The predicted molar refractivity (Wildman–Crippen MR) is 139 cm³/mol. The van der Waals surface area contributed by atoms with E-state index in [0.29, 0.717) is 0 Å². The van der Waals surface area contributed by atoms with Gasteiger partial charge < -0.3 is 41.9 Å². The van der Waals surface area contributed by atoms with Crippen molar-refractivity contribution in [3.8, 4) is 0 Å². The second-order valence-corrected chi connectivity index (χ2v) is 8.45. The molecule has 0 fully saturated rings. The molecule has 0 aromatic carbocycles. The molecular weight excluding hydrogens is 546 g/mol. The van der Waals surface area contributed by atoms with Gasteiger partial charge in [0.25, 0.3) is 0 Å². The fourth-order valence-corrected chi connectivity index (χ4v) is 3.18. The second-order valence-electron chi connectivity index (χ2n) is 7.72. The monoisotopic (exact) mass is 579 g/mol. The third-order valence-electron chi connectivity index (χ3n) is 4.56. The summed E-state index contributed by atoms with van der Waals surface area (Å²) in [6.07, 6.45) is 0. The number of carboxylic acids is 1. The molecule has 214 valence electrons. The summed E-state index contributed by atoms with van der Waals surface area (Å²) in [6.45, 7) is 1.50. The topological polar surface area (TPSA) is 232 Å². The molecule has 7 amide bonds. The molecular formula is C20H33N7O9S2. The molecule has 7 N–H and O–H groups in total. The first-order valence-electron chi connectivity index (χ1n) is 11.1. The van der Waals surface area contributed by atoms with Crippen LogP contribution in [-0.2, 0) is 38.4 Å². The number of nitrogens with zero attached hydrogens (tertiary/aromatic N) is 1. The minimum absolute atomic E-state index is 0.125. The maximum absolute atomic E-state index is 13.1. The van der Waals surface area contributed by atoms with Gasteiger partial charge in [-0.25, -0.2) is 4.79 Å². The van der Waals surface area contributed by atoms with Gasteiger partial charge in [0.1, 0.15) is 18.1 Å². The number of nitrogens with one attached hydrogen (secondary N) is 6. The van der Waals surface area contributed by atoms with Crippen molar-refractivity contribution >= 4 is 72.6 Å². The molecule has 3 atom stereocenters. The van der Waals surface area contributed by atoms with Gasteiger partial charge in [0.15, 0.2) is 0 Å². The van der Waals surface area contributed by atoms with E-state index in [2.05, 4.69) is 57.2 Å². The Labute approximate surface area is 229 Å². The van der Waals surface area contributed by atoms with Crippen molar-refractivity contribution in [3.05, 3.63) is 0 Å². The summed E-state index contributed by atoms with van der Waals surface area (Å²) in [5.74, 6) is -6.65. The average molecular weight is 580 g/mol. The number of thiol groups is 2. The number of carbonyl (C=O) groups is 8. The Balaban J connectivity index is 5.31. The summed E-state index contributed by atoms with van der Waals surface area (Å²) in [5.41, 5.74) is 0. The zero-order valence-corrected chi connectivity index (χ0v) is 22.8. The molecule has 0 aliphatic rings. The Morgan fingerprint density at radius 2 is 1.18 bits per heavy atom. The third kappa shape index (κ3) is 13.7. The third-order valence-corrected chi connectivity index (χ3v) is 5.29. The predicted octanol–water partition coefficient (Wildman–Crippen LogP) is -4.42. The molecule has 0 aromatic heterocycles. The first-order valence-corrected chi connectivity index (χ1v) is 12.3. The van der Waals surface area contributed by atoms with E-state index in [1.54, 1.807) is 0 Å². The SMILES string of the molecule is CC(=O)NCC(=O)NC(CS)C(=O)NCC(=O)N[C@H](CS)C(=O)N(CNC(C)=O)[C@@H](CNC(C)=O)C(=O)O. The Bertz CT molecular complexity index is 919. The van der Waals surface area contributed by atoms with E-state index in [1.807, 2.05) is 0 Å². The van der Waals surface area contributed by atoms with Crippen LogP contribution in [0.2, 0.25) is 0 Å². The van der Waals surface area contributed by atoms with Crippen LogP contribution in [0.15, 0.2) is 0 Å². The van der Waals surface area contributed by atoms with Crippen molar-refractivity contribution in [1.82, 2.24) is 36.8 Å². The van der Waals surface area contributed by atoms with Crippen molar-refractivity contribution in [3.63, 3.8) is 0 Å². The van der Waals surface area contributed by atoms with Crippen LogP contribution in [0.5, 0.6) is 0 Å². The molecule has 18 heteroatoms. The number of carbonyl (C=O) groups excluding carboxylic acids is 7. The van der Waals surface area contributed by atoms with E-state index in [-0.39, 0.29) is 18.1 Å². The van der Waals surface area contributed by atoms with Crippen molar-refractivity contribution in [2.45, 2.75) is 38.9 Å². The van der Waals surface area contributed by atoms with E-state index in [9.17, 15) is 43.5 Å². The highest BCUT2D eigenvalue weighted by Gasteiger charge is 2.34. The Kier molecular flexibility index (Phi) is 16.2. The second kappa shape index (κ2) is 17.8. The number of carboxylic acid groups (broad SMARTS) is 1. The number of amides is 7. The lowest BCUT2D eigenvalue weighted by molar-refractivity contribution is -0.152. The van der Waals surface area contributed by atoms with E-state index in [4.69, 9.17) is 0 Å². The fourth-order valence-electron chi connectivity index (χ4n) is 2.68. The van der Waals surface area contributed by atoms with Crippen LogP contribution >= 0.6 is 25.3 Å². The molecule has 0 spiro atoms. The molecule has 0 aromatic rings. The number of rotatable bonds is 16. The molecule has 0 heterocycles. The van der Waals surface area contributed by atoms with Gasteiger partial charge in [-0.2, -0.15) is 25.3 Å². The van der Waals surface area contributed by atoms with E-state index in [0.717, 1.165) is 18.7 Å². The smallest absolute Gasteiger partial charge is 0.328 e. The Morgan fingerprint density at radius 1 is 0.711 bits per heavy atom. The highest BCUT2D eigenvalue weighted by molar-refractivity contribution is 7.80. The van der Waals surface area contributed by atoms with Crippen LogP contribution in [0.1, 0.15) is 20.8 Å². The lowest BCUT2D eigenvalue weighted by Crippen LogP contribution is -2.60. The van der Waals surface area contributed by atoms with Gasteiger partial charge in [0.2, 0.25) is 41.4 Å². The van der Waals surface area contributed by atoms with Gasteiger partial charge in [0.05, 0.1) is 19.8 Å². The minimum Gasteiger partial charge on any atom is -0.480 e. The van der Waals surface area contributed by atoms with Crippen molar-refractivity contribution < 1.29 is 43.5 Å². The zero-order chi connectivity index (χ0) is 29.4. The van der Waals surface area contributed by atoms with Gasteiger partial charge >= 0.3 is 5.97 Å². The van der Waals surface area contributed by atoms with E-state index < -0.39 is 85.2 Å². The highest BCUT2D eigenvalue weighted by Crippen LogP contribution is 2.05. The van der Waals surface area contributed by atoms with Crippen LogP contribution in [0.3, 0.4) is 0 Å². The summed E-state index contributed by atoms with van der Waals surface area (Å²) in [6, 6.07) is -4.09. The van der Waals surface area contributed by atoms with Crippen LogP contribution in [-0.4, -0.2) is 113 Å². The van der Waals surface area contributed by atoms with Crippen molar-refractivity contribution in [2.75, 3.05) is 37.8 Å². The Hall–Kier alpha value is -3.54. The summed E-state index contributed by atoms with van der Waals surface area (Å²) < 4.78 is 0. The molecule has 0 saturated carbocycles. The molecule has 0 rings (SSSR count). The molecule has 0 bridgehead atoms. The standard InChI is InChI=1S/C20H33N7O9S2/c1-10(28)21-4-15(20(35)36)27(9-24-12(3)30)19(34)14(8-38)26-17(32)6-23-18(33)13(7-37)25-16(31)5-22-11(2)29/h13-15,37-38H,4-9H2,1-3H3,(H,21,28)(H,22,29)(H,23,33)(H,24,30)(H,25,31)(H,26,32)(H,35,36)/t13?,14-,15+/m1/s1. The van der Waals surface area contributed by atoms with Gasteiger partial charge in [-0.05, 0) is 0 Å². The van der Waals surface area contributed by atoms with Gasteiger partial charge in [-0.15, -0.1) is 0 Å². The normalized spacial score (nSPS) is 12.6. The minimum atomic E-state index is -1.59. The number of aliphatic carboxylic acids is 1. The molecule has 0 saturated heterocycles. The zero-order valence-electron chi connectivity index (χ0n) is 21.0. The van der Waals surface area contributed by atoms with Crippen molar-refractivity contribution in [2.24, 2.45) is 0 Å². The number of hydrogen-bond donors (Lipinski definition) is 9. The van der Waals surface area contributed by atoms with Gasteiger partial charge in [0, 0.05) is 38.8 Å². The van der Waals surface area contributed by atoms with Crippen LogP contribution < -0.4 is 31.9 Å². The summed E-state index contributed by atoms with van der Waals surface area (Å²) >= 11 is 8.00. The Morgan fingerprint density at radius 3 is 1.63 bits per heavy atom. The highest BCUT2D eigenvalue weighted by atomic mass is 32.1. The summed E-state index contributed by atoms with van der Waals surface area (Å²) in [4.78, 5) is 95.7. The number of hydrogen-bond acceptors (Lipinski definition) is 10. The van der Waals surface area contributed by atoms with Crippen molar-refractivity contribution in [1.29, 1.82) is 0 Å². The molecule has 0 aliphatic carbocycles. The first kappa shape index (κ1) is 34.5. The van der Waals surface area contributed by atoms with Crippen LogP contribution in [0.4, 0.5) is 0 Å². The van der Waals surface area contributed by atoms with Gasteiger partial charge in [-0.3, -0.25) is 33.6 Å². The van der Waals surface area contributed by atoms with Crippen LogP contribution in [0, 0.1) is 0 Å². The quantitative estimate of drug-likeness (QED) is 0.0633. The van der Waals surface area contributed by atoms with E-state index in [1.165, 1.54) is 6.92 Å². The lowest BCUT2D eigenvalue weighted by Gasteiger charge is -2.32. The lowest BCUT2D eigenvalue weighted by atomic mass is 10.2. The maximum Gasteiger partial charge on any atom is 0.328 e.